The summed E-state index contributed by atoms with van der Waals surface area (Å²) in [5.41, 5.74) is 8.25. The molecule has 0 amide bonds. The minimum absolute atomic E-state index is 0.138. The van der Waals surface area contributed by atoms with Gasteiger partial charge in [-0.05, 0) is 17.5 Å². The van der Waals surface area contributed by atoms with Crippen molar-refractivity contribution >= 4 is 5.97 Å². The molecule has 0 heterocycles. The van der Waals surface area contributed by atoms with E-state index < -0.39 is 6.04 Å². The number of nitrogens with two attached hydrogens (primary N) is 1. The van der Waals surface area contributed by atoms with Crippen molar-refractivity contribution in [2.75, 3.05) is 7.11 Å². The molecule has 14 heavy (non-hydrogen) atoms. The van der Waals surface area contributed by atoms with Crippen molar-refractivity contribution in [3.05, 3.63) is 35.4 Å². The van der Waals surface area contributed by atoms with E-state index in [4.69, 9.17) is 5.73 Å². The first-order valence-corrected chi connectivity index (χ1v) is 4.65. The number of ether oxygens (including phenoxy) is 1. The molecule has 0 saturated carbocycles. The number of hydrogen-bond acceptors (Lipinski definition) is 3. The largest absolute Gasteiger partial charge is 0.468 e. The van der Waals surface area contributed by atoms with Gasteiger partial charge in [-0.15, -0.1) is 0 Å². The highest BCUT2D eigenvalue weighted by Gasteiger charge is 2.34. The maximum atomic E-state index is 11.2. The van der Waals surface area contributed by atoms with Crippen molar-refractivity contribution in [2.24, 2.45) is 5.73 Å². The third-order valence-corrected chi connectivity index (χ3v) is 2.80. The minimum Gasteiger partial charge on any atom is -0.468 e. The normalized spacial score (nSPS) is 20.6. The molecule has 0 spiro atoms. The molecule has 0 radical (unpaired) electrons. The standard InChI is InChI=1S/C11H13NO2/c1-14-11(13)10(12)9-6-7-4-2-3-5-8(7)9/h2-5,9-10H,6,12H2,1H3/t9-,10-/m1/s1. The number of rotatable bonds is 2. The summed E-state index contributed by atoms with van der Waals surface area (Å²) >= 11 is 0. The Morgan fingerprint density at radius 2 is 2.29 bits per heavy atom. The molecule has 0 saturated heterocycles. The van der Waals surface area contributed by atoms with Gasteiger partial charge in [-0.25, -0.2) is 0 Å². The first-order valence-electron chi connectivity index (χ1n) is 4.65. The molecule has 2 rings (SSSR count). The second kappa shape index (κ2) is 3.42. The van der Waals surface area contributed by atoms with Gasteiger partial charge in [0.15, 0.2) is 0 Å². The van der Waals surface area contributed by atoms with E-state index in [1.54, 1.807) is 0 Å². The number of carbonyl (C=O) groups excluding carboxylic acids is 1. The van der Waals surface area contributed by atoms with Crippen LogP contribution in [0.3, 0.4) is 0 Å². The van der Waals surface area contributed by atoms with Gasteiger partial charge in [0, 0.05) is 5.92 Å². The average molecular weight is 191 g/mol. The van der Waals surface area contributed by atoms with Gasteiger partial charge >= 0.3 is 5.97 Å². The van der Waals surface area contributed by atoms with E-state index in [2.05, 4.69) is 10.8 Å². The van der Waals surface area contributed by atoms with E-state index in [9.17, 15) is 4.79 Å². The second-order valence-corrected chi connectivity index (χ2v) is 3.56. The Hall–Kier alpha value is -1.35. The van der Waals surface area contributed by atoms with Gasteiger partial charge in [-0.1, -0.05) is 24.3 Å². The lowest BCUT2D eigenvalue weighted by molar-refractivity contribution is -0.142. The predicted molar refractivity (Wildman–Crippen MR) is 52.9 cm³/mol. The van der Waals surface area contributed by atoms with E-state index in [-0.39, 0.29) is 11.9 Å². The second-order valence-electron chi connectivity index (χ2n) is 3.56. The van der Waals surface area contributed by atoms with E-state index in [1.165, 1.54) is 18.2 Å². The van der Waals surface area contributed by atoms with Crippen LogP contribution in [0.2, 0.25) is 0 Å². The third kappa shape index (κ3) is 1.30. The van der Waals surface area contributed by atoms with Gasteiger partial charge in [0.25, 0.3) is 0 Å². The van der Waals surface area contributed by atoms with E-state index in [0.717, 1.165) is 6.42 Å². The Balaban J connectivity index is 2.15. The molecule has 74 valence electrons. The number of carbonyl (C=O) groups is 1. The Labute approximate surface area is 82.9 Å². The molecule has 1 aliphatic carbocycles. The maximum Gasteiger partial charge on any atom is 0.323 e. The van der Waals surface area contributed by atoms with Crippen molar-refractivity contribution in [2.45, 2.75) is 18.4 Å². The van der Waals surface area contributed by atoms with Crippen LogP contribution in [-0.4, -0.2) is 19.1 Å². The van der Waals surface area contributed by atoms with Crippen LogP contribution in [0.25, 0.3) is 0 Å². The smallest absolute Gasteiger partial charge is 0.323 e. The molecule has 1 aromatic carbocycles. The number of fused-ring (bicyclic) bond motifs is 1. The van der Waals surface area contributed by atoms with Crippen LogP contribution in [-0.2, 0) is 16.0 Å². The molecule has 0 aliphatic heterocycles. The van der Waals surface area contributed by atoms with Crippen molar-refractivity contribution in [1.82, 2.24) is 0 Å². The highest BCUT2D eigenvalue weighted by molar-refractivity contribution is 5.77. The molecule has 1 aromatic rings. The lowest BCUT2D eigenvalue weighted by atomic mass is 9.74. The molecule has 0 aromatic heterocycles. The molecule has 0 fully saturated rings. The number of benzene rings is 1. The van der Waals surface area contributed by atoms with Crippen molar-refractivity contribution < 1.29 is 9.53 Å². The van der Waals surface area contributed by atoms with Crippen LogP contribution < -0.4 is 5.73 Å². The maximum absolute atomic E-state index is 11.2. The first-order chi connectivity index (χ1) is 6.74. The van der Waals surface area contributed by atoms with Gasteiger partial charge in [0.2, 0.25) is 0 Å². The highest BCUT2D eigenvalue weighted by Crippen LogP contribution is 2.36. The van der Waals surface area contributed by atoms with Crippen LogP contribution in [0.15, 0.2) is 24.3 Å². The highest BCUT2D eigenvalue weighted by atomic mass is 16.5. The zero-order valence-corrected chi connectivity index (χ0v) is 8.07. The zero-order chi connectivity index (χ0) is 10.1. The Morgan fingerprint density at radius 3 is 2.93 bits per heavy atom. The Morgan fingerprint density at radius 1 is 1.57 bits per heavy atom. The van der Waals surface area contributed by atoms with Crippen molar-refractivity contribution in [3.63, 3.8) is 0 Å². The van der Waals surface area contributed by atoms with Crippen LogP contribution >= 0.6 is 0 Å². The summed E-state index contributed by atoms with van der Waals surface area (Å²) in [5, 5.41) is 0. The lowest BCUT2D eigenvalue weighted by Gasteiger charge is -2.33. The molecule has 2 atom stereocenters. The molecule has 3 nitrogen and oxygen atoms in total. The summed E-state index contributed by atoms with van der Waals surface area (Å²) in [7, 11) is 1.37. The summed E-state index contributed by atoms with van der Waals surface area (Å²) < 4.78 is 4.62. The van der Waals surface area contributed by atoms with Crippen LogP contribution in [0.1, 0.15) is 17.0 Å². The fourth-order valence-electron chi connectivity index (χ4n) is 1.92. The van der Waals surface area contributed by atoms with Crippen LogP contribution in [0, 0.1) is 0 Å². The van der Waals surface area contributed by atoms with Gasteiger partial charge in [0.05, 0.1) is 7.11 Å². The van der Waals surface area contributed by atoms with E-state index in [0.29, 0.717) is 0 Å². The van der Waals surface area contributed by atoms with E-state index in [1.807, 2.05) is 18.2 Å². The van der Waals surface area contributed by atoms with Gasteiger partial charge in [0.1, 0.15) is 6.04 Å². The molecule has 2 N–H and O–H groups in total. The van der Waals surface area contributed by atoms with Crippen LogP contribution in [0.5, 0.6) is 0 Å². The molecule has 0 bridgehead atoms. The monoisotopic (exact) mass is 191 g/mol. The van der Waals surface area contributed by atoms with Gasteiger partial charge < -0.3 is 10.5 Å². The van der Waals surface area contributed by atoms with Crippen LogP contribution in [0.4, 0.5) is 0 Å². The number of hydrogen-bond donors (Lipinski definition) is 1. The Kier molecular flexibility index (Phi) is 2.25. The van der Waals surface area contributed by atoms with Crippen molar-refractivity contribution in [3.8, 4) is 0 Å². The van der Waals surface area contributed by atoms with Gasteiger partial charge in [-0.3, -0.25) is 4.79 Å². The molecule has 3 heteroatoms. The number of methoxy groups -OCH3 is 1. The SMILES string of the molecule is COC(=O)[C@H](N)[C@@H]1Cc2ccccc21. The predicted octanol–water partition coefficient (Wildman–Crippen LogP) is 0.827. The fraction of sp³-hybridized carbons (Fsp3) is 0.364. The Bertz CT molecular complexity index is 362. The number of esters is 1. The average Bonchev–Trinajstić information content (AvgIpc) is 2.18. The minimum atomic E-state index is -0.519. The molecular formula is C11H13NO2. The summed E-state index contributed by atoms with van der Waals surface area (Å²) in [6, 6.07) is 7.53. The topological polar surface area (TPSA) is 52.3 Å². The molecule has 1 aliphatic rings. The zero-order valence-electron chi connectivity index (χ0n) is 8.07. The van der Waals surface area contributed by atoms with Crippen molar-refractivity contribution in [1.29, 1.82) is 0 Å². The molecule has 0 unspecified atom stereocenters. The molecular weight excluding hydrogens is 178 g/mol. The fourth-order valence-corrected chi connectivity index (χ4v) is 1.92. The first kappa shape index (κ1) is 9.21. The summed E-state index contributed by atoms with van der Waals surface area (Å²) in [5.74, 6) is -0.192. The third-order valence-electron chi connectivity index (χ3n) is 2.80. The van der Waals surface area contributed by atoms with Gasteiger partial charge in [-0.2, -0.15) is 0 Å². The summed E-state index contributed by atoms with van der Waals surface area (Å²) in [6.07, 6.45) is 0.881. The quantitative estimate of drug-likeness (QED) is 0.704. The van der Waals surface area contributed by atoms with E-state index >= 15 is 0 Å². The summed E-state index contributed by atoms with van der Waals surface area (Å²) in [6.45, 7) is 0. The summed E-state index contributed by atoms with van der Waals surface area (Å²) in [4.78, 5) is 11.2. The lowest BCUT2D eigenvalue weighted by Crippen LogP contribution is -2.42.